The lowest BCUT2D eigenvalue weighted by atomic mass is 10.4. The summed E-state index contributed by atoms with van der Waals surface area (Å²) in [5.41, 5.74) is 0. The molecule has 0 bridgehead atoms. The van der Waals surface area contributed by atoms with Gasteiger partial charge < -0.3 is 14.9 Å². The maximum atomic E-state index is 12.0. The van der Waals surface area contributed by atoms with Gasteiger partial charge in [-0.15, -0.1) is 20.9 Å². The first-order valence-electron chi connectivity index (χ1n) is 5.68. The van der Waals surface area contributed by atoms with Crippen molar-refractivity contribution >= 4 is 26.9 Å². The number of rotatable bonds is 3. The molecule has 102 valence electrons. The summed E-state index contributed by atoms with van der Waals surface area (Å²) in [5, 5.41) is 8.81. The fraction of sp³-hybridized carbons (Fsp3) is 0.900. The van der Waals surface area contributed by atoms with Gasteiger partial charge in [-0.1, -0.05) is 0 Å². The van der Waals surface area contributed by atoms with Gasteiger partial charge in [0.15, 0.2) is 0 Å². The van der Waals surface area contributed by atoms with Crippen LogP contribution in [-0.4, -0.2) is 84.1 Å². The summed E-state index contributed by atoms with van der Waals surface area (Å²) >= 11 is 4.62. The molecule has 17 heavy (non-hydrogen) atoms. The molecule has 1 heterocycles. The van der Waals surface area contributed by atoms with Crippen molar-refractivity contribution in [1.82, 2.24) is 14.1 Å². The molecule has 1 rings (SSSR count). The fourth-order valence-electron chi connectivity index (χ4n) is 1.81. The third kappa shape index (κ3) is 4.24. The molecule has 0 spiro atoms. The number of nitrogens with zero attached hydrogens (tertiary/aromatic N) is 3. The molecular formula is C10H23N3O2S2. The molecule has 0 unspecified atom stereocenters. The fourth-order valence-corrected chi connectivity index (χ4v) is 3.36. The number of amides is 2. The van der Waals surface area contributed by atoms with Gasteiger partial charge in [-0.3, -0.25) is 4.31 Å². The zero-order chi connectivity index (χ0) is 13.1. The van der Waals surface area contributed by atoms with Crippen molar-refractivity contribution in [2.24, 2.45) is 0 Å². The van der Waals surface area contributed by atoms with Crippen molar-refractivity contribution in [2.75, 3.05) is 58.9 Å². The number of carbonyl (C=O) groups is 1. The Bertz CT molecular complexity index is 263. The standard InChI is InChI=1S/C10H23N3O2S2/c1-11(8-9-14)10(15)12-4-6-13(7-5-12)17(2,3)16/h14,16H,4-9H2,1-3H3. The van der Waals surface area contributed by atoms with Crippen molar-refractivity contribution < 1.29 is 9.90 Å². The largest absolute Gasteiger partial charge is 0.395 e. The van der Waals surface area contributed by atoms with E-state index in [2.05, 4.69) is 28.5 Å². The van der Waals surface area contributed by atoms with Crippen LogP contribution in [0.5, 0.6) is 0 Å². The number of urea groups is 1. The lowest BCUT2D eigenvalue weighted by Crippen LogP contribution is -2.52. The van der Waals surface area contributed by atoms with Crippen LogP contribution in [0.15, 0.2) is 0 Å². The second kappa shape index (κ2) is 6.17. The van der Waals surface area contributed by atoms with E-state index < -0.39 is 9.25 Å². The minimum Gasteiger partial charge on any atom is -0.395 e. The van der Waals surface area contributed by atoms with E-state index in [1.165, 1.54) is 0 Å². The number of likely N-dealkylation sites (N-methyl/N-ethyl adjacent to an activating group) is 1. The van der Waals surface area contributed by atoms with Gasteiger partial charge in [0.1, 0.15) is 0 Å². The van der Waals surface area contributed by atoms with Gasteiger partial charge in [-0.2, -0.15) is 0 Å². The summed E-state index contributed by atoms with van der Waals surface area (Å²) < 4.78 is 2.34. The third-order valence-electron chi connectivity index (χ3n) is 2.90. The molecular weight excluding hydrogens is 258 g/mol. The van der Waals surface area contributed by atoms with Gasteiger partial charge in [-0.25, -0.2) is 4.79 Å². The first-order valence-corrected chi connectivity index (χ1v) is 9.14. The molecule has 5 nitrogen and oxygen atoms in total. The molecule has 1 aliphatic rings. The Kier molecular flexibility index (Phi) is 5.43. The van der Waals surface area contributed by atoms with Gasteiger partial charge in [0.25, 0.3) is 0 Å². The van der Waals surface area contributed by atoms with Crippen LogP contribution < -0.4 is 0 Å². The predicted octanol–water partition coefficient (Wildman–Crippen LogP) is 0.472. The second-order valence-electron chi connectivity index (χ2n) is 4.56. The molecule has 1 saturated heterocycles. The number of aliphatic hydroxyl groups is 1. The highest BCUT2D eigenvalue weighted by atomic mass is 33.1. The number of carbonyl (C=O) groups excluding carboxylic acids is 1. The first kappa shape index (κ1) is 14.9. The molecule has 0 aliphatic carbocycles. The van der Waals surface area contributed by atoms with E-state index in [0.29, 0.717) is 6.54 Å². The average Bonchev–Trinajstić information content (AvgIpc) is 2.27. The summed E-state index contributed by atoms with van der Waals surface area (Å²) in [6.45, 7) is 3.64. The van der Waals surface area contributed by atoms with Gasteiger partial charge in [0.2, 0.25) is 0 Å². The van der Waals surface area contributed by atoms with Gasteiger partial charge in [0, 0.05) is 39.8 Å². The molecule has 0 atom stereocenters. The van der Waals surface area contributed by atoms with E-state index in [9.17, 15) is 4.79 Å². The molecule has 0 aromatic carbocycles. The molecule has 1 aliphatic heterocycles. The minimum atomic E-state index is -0.969. The van der Waals surface area contributed by atoms with Crippen LogP contribution in [0.3, 0.4) is 0 Å². The zero-order valence-electron chi connectivity index (χ0n) is 10.8. The molecule has 0 radical (unpaired) electrons. The first-order chi connectivity index (χ1) is 7.86. The average molecular weight is 281 g/mol. The van der Waals surface area contributed by atoms with E-state index in [1.54, 1.807) is 11.9 Å². The lowest BCUT2D eigenvalue weighted by molar-refractivity contribution is 0.135. The second-order valence-corrected chi connectivity index (χ2v) is 10.2. The Morgan fingerprint density at radius 1 is 1.35 bits per heavy atom. The van der Waals surface area contributed by atoms with Crippen LogP contribution in [-0.2, 0) is 0 Å². The molecule has 0 saturated carbocycles. The molecule has 0 aromatic heterocycles. The molecule has 7 heteroatoms. The molecule has 1 fully saturated rings. The number of hydrogen-bond acceptors (Lipinski definition) is 4. The number of hydrogen-bond donors (Lipinski definition) is 2. The summed E-state index contributed by atoms with van der Waals surface area (Å²) in [5.74, 6) is 0. The molecule has 1 N–H and O–H groups in total. The maximum absolute atomic E-state index is 12.0. The van der Waals surface area contributed by atoms with Crippen molar-refractivity contribution in [3.63, 3.8) is 0 Å². The molecule has 0 aromatic rings. The number of thiol groups is 1. The van der Waals surface area contributed by atoms with E-state index >= 15 is 0 Å². The van der Waals surface area contributed by atoms with Crippen molar-refractivity contribution in [2.45, 2.75) is 0 Å². The summed E-state index contributed by atoms with van der Waals surface area (Å²) in [7, 11) is 0.752. The molecule has 2 amide bonds. The quantitative estimate of drug-likeness (QED) is 0.584. The zero-order valence-corrected chi connectivity index (χ0v) is 12.5. The topological polar surface area (TPSA) is 47.0 Å². The maximum Gasteiger partial charge on any atom is 0.319 e. The Balaban J connectivity index is 2.44. The number of piperazine rings is 1. The van der Waals surface area contributed by atoms with E-state index in [0.717, 1.165) is 26.2 Å². The van der Waals surface area contributed by atoms with Gasteiger partial charge >= 0.3 is 6.03 Å². The van der Waals surface area contributed by atoms with E-state index in [1.807, 2.05) is 4.90 Å². The smallest absolute Gasteiger partial charge is 0.319 e. The minimum absolute atomic E-state index is 0.00525. The third-order valence-corrected chi connectivity index (χ3v) is 5.22. The van der Waals surface area contributed by atoms with Gasteiger partial charge in [-0.05, 0) is 12.5 Å². The van der Waals surface area contributed by atoms with Crippen LogP contribution >= 0.6 is 20.9 Å². The predicted molar refractivity (Wildman–Crippen MR) is 76.7 cm³/mol. The van der Waals surface area contributed by atoms with Crippen LogP contribution in [0, 0.1) is 0 Å². The van der Waals surface area contributed by atoms with Crippen LogP contribution in [0.1, 0.15) is 0 Å². The Morgan fingerprint density at radius 3 is 2.29 bits per heavy atom. The monoisotopic (exact) mass is 281 g/mol. The normalized spacial score (nSPS) is 19.2. The Morgan fingerprint density at radius 2 is 1.88 bits per heavy atom. The van der Waals surface area contributed by atoms with E-state index in [-0.39, 0.29) is 12.6 Å². The van der Waals surface area contributed by atoms with Crippen LogP contribution in [0.4, 0.5) is 4.79 Å². The Hall–Kier alpha value is -0.110. The van der Waals surface area contributed by atoms with Gasteiger partial charge in [0.05, 0.1) is 6.61 Å². The summed E-state index contributed by atoms with van der Waals surface area (Å²) in [4.78, 5) is 15.4. The van der Waals surface area contributed by atoms with Crippen LogP contribution in [0.25, 0.3) is 0 Å². The van der Waals surface area contributed by atoms with E-state index in [4.69, 9.17) is 5.11 Å². The summed E-state index contributed by atoms with van der Waals surface area (Å²) in [6.07, 6.45) is 4.29. The van der Waals surface area contributed by atoms with Crippen molar-refractivity contribution in [1.29, 1.82) is 0 Å². The van der Waals surface area contributed by atoms with Crippen molar-refractivity contribution in [3.8, 4) is 0 Å². The lowest BCUT2D eigenvalue weighted by Gasteiger charge is -2.44. The number of aliphatic hydroxyl groups excluding tert-OH is 1. The highest BCUT2D eigenvalue weighted by Crippen LogP contribution is 2.48. The SMILES string of the molecule is CN(CCO)C(=O)N1CCN(S(C)(C)S)CC1. The highest BCUT2D eigenvalue weighted by Gasteiger charge is 2.27. The Labute approximate surface area is 110 Å². The highest BCUT2D eigenvalue weighted by molar-refractivity contribution is 8.86. The van der Waals surface area contributed by atoms with Crippen LogP contribution in [0.2, 0.25) is 0 Å². The summed E-state index contributed by atoms with van der Waals surface area (Å²) in [6, 6.07) is 0.00525. The van der Waals surface area contributed by atoms with Crippen molar-refractivity contribution in [3.05, 3.63) is 0 Å².